The van der Waals surface area contributed by atoms with Crippen LogP contribution in [0.15, 0.2) is 23.3 Å². The summed E-state index contributed by atoms with van der Waals surface area (Å²) in [6, 6.07) is 0. The van der Waals surface area contributed by atoms with E-state index in [0.717, 1.165) is 23.7 Å². The average Bonchev–Trinajstić information content (AvgIpc) is 2.78. The molecule has 1 saturated carbocycles. The van der Waals surface area contributed by atoms with Crippen molar-refractivity contribution < 1.29 is 0 Å². The fourth-order valence-corrected chi connectivity index (χ4v) is 4.43. The Morgan fingerprint density at radius 1 is 0.852 bits per heavy atom. The summed E-state index contributed by atoms with van der Waals surface area (Å²) in [6.07, 6.45) is 14.5. The van der Waals surface area contributed by atoms with Gasteiger partial charge in [0.2, 0.25) is 0 Å². The smallest absolute Gasteiger partial charge is 0.0134 e. The zero-order chi connectivity index (χ0) is 21.8. The minimum Gasteiger partial charge on any atom is -0.0807 e. The zero-order valence-corrected chi connectivity index (χ0v) is 21.4. The Hall–Kier alpha value is -0.520. The molecule has 4 atom stereocenters. The van der Waals surface area contributed by atoms with Crippen molar-refractivity contribution in [3.05, 3.63) is 23.3 Å². The van der Waals surface area contributed by atoms with Gasteiger partial charge in [-0.2, -0.15) is 0 Å². The fourth-order valence-electron chi connectivity index (χ4n) is 4.43. The maximum Gasteiger partial charge on any atom is -0.0134 e. The number of hydrogen-bond acceptors (Lipinski definition) is 0. The monoisotopic (exact) mass is 380 g/mol. The Labute approximate surface area is 175 Å². The number of hydrogen-bond donors (Lipinski definition) is 0. The Balaban J connectivity index is -0.000000638. The highest BCUT2D eigenvalue weighted by Crippen LogP contribution is 2.46. The normalized spacial score (nSPS) is 22.1. The van der Waals surface area contributed by atoms with Crippen molar-refractivity contribution in [2.75, 3.05) is 0 Å². The van der Waals surface area contributed by atoms with Crippen molar-refractivity contribution in [3.8, 4) is 0 Å². The van der Waals surface area contributed by atoms with Crippen LogP contribution >= 0.6 is 0 Å². The number of fused-ring (bicyclic) bond motifs is 1. The van der Waals surface area contributed by atoms with Gasteiger partial charge >= 0.3 is 0 Å². The first-order chi connectivity index (χ1) is 13.2. The van der Waals surface area contributed by atoms with E-state index in [9.17, 15) is 0 Å². The Morgan fingerprint density at radius 3 is 1.85 bits per heavy atom. The number of rotatable bonds is 5. The van der Waals surface area contributed by atoms with E-state index >= 15 is 0 Å². The van der Waals surface area contributed by atoms with Crippen molar-refractivity contribution in [1.29, 1.82) is 0 Å². The highest BCUT2D eigenvalue weighted by atomic mass is 14.4. The van der Waals surface area contributed by atoms with Gasteiger partial charge in [-0.1, -0.05) is 108 Å². The van der Waals surface area contributed by atoms with Gasteiger partial charge in [0.15, 0.2) is 0 Å². The van der Waals surface area contributed by atoms with Crippen LogP contribution in [0.5, 0.6) is 0 Å². The average molecular weight is 381 g/mol. The van der Waals surface area contributed by atoms with Gasteiger partial charge in [-0.05, 0) is 66.9 Å². The quantitative estimate of drug-likeness (QED) is 0.445. The van der Waals surface area contributed by atoms with Gasteiger partial charge < -0.3 is 0 Å². The minimum absolute atomic E-state index is 0.842. The molecule has 0 radical (unpaired) electrons. The van der Waals surface area contributed by atoms with Gasteiger partial charge in [0.25, 0.3) is 0 Å². The zero-order valence-electron chi connectivity index (χ0n) is 21.4. The maximum absolute atomic E-state index is 2.56. The maximum atomic E-state index is 2.56. The molecule has 0 bridgehead atoms. The molecule has 0 N–H and O–H groups in total. The van der Waals surface area contributed by atoms with Gasteiger partial charge in [-0.15, -0.1) is 0 Å². The van der Waals surface area contributed by atoms with Crippen LogP contribution in [0.3, 0.4) is 0 Å². The summed E-state index contributed by atoms with van der Waals surface area (Å²) in [5.74, 6) is 3.54. The Bertz CT molecular complexity index is 347. The topological polar surface area (TPSA) is 0 Å². The van der Waals surface area contributed by atoms with Crippen molar-refractivity contribution >= 4 is 0 Å². The highest BCUT2D eigenvalue weighted by Gasteiger charge is 2.35. The molecule has 0 amide bonds. The molecule has 0 saturated heterocycles. The van der Waals surface area contributed by atoms with Crippen LogP contribution in [0.4, 0.5) is 0 Å². The van der Waals surface area contributed by atoms with E-state index in [4.69, 9.17) is 0 Å². The SMILES string of the molecule is CC.CC.CC.CC.CCCC(C)C(C)C1CCC2=CCCC=C2C1CC. The predicted octanol–water partition coefficient (Wildman–Crippen LogP) is 10.2. The Morgan fingerprint density at radius 2 is 1.37 bits per heavy atom. The van der Waals surface area contributed by atoms with Crippen LogP contribution in [0.25, 0.3) is 0 Å². The molecule has 164 valence electrons. The molecule has 2 aliphatic rings. The summed E-state index contributed by atoms with van der Waals surface area (Å²) in [5.41, 5.74) is 3.44. The van der Waals surface area contributed by atoms with E-state index < -0.39 is 0 Å². The molecule has 0 aromatic rings. The Kier molecular flexibility index (Phi) is 25.2. The molecule has 0 aliphatic heterocycles. The summed E-state index contributed by atoms with van der Waals surface area (Å²) >= 11 is 0. The second kappa shape index (κ2) is 21.8. The molecular weight excluding hydrogens is 324 g/mol. The molecular formula is C27H56. The molecule has 27 heavy (non-hydrogen) atoms. The predicted molar refractivity (Wildman–Crippen MR) is 131 cm³/mol. The molecule has 0 aromatic carbocycles. The third-order valence-electron chi connectivity index (χ3n) is 5.71. The first-order valence-corrected chi connectivity index (χ1v) is 12.6. The van der Waals surface area contributed by atoms with Gasteiger partial charge in [0, 0.05) is 0 Å². The second-order valence-electron chi connectivity index (χ2n) is 6.81. The lowest BCUT2D eigenvalue weighted by atomic mass is 9.63. The molecule has 0 heterocycles. The molecule has 2 rings (SSSR count). The van der Waals surface area contributed by atoms with Crippen LogP contribution in [0.2, 0.25) is 0 Å². The third-order valence-corrected chi connectivity index (χ3v) is 5.71. The minimum atomic E-state index is 0.842. The van der Waals surface area contributed by atoms with E-state index in [1.54, 1.807) is 11.1 Å². The van der Waals surface area contributed by atoms with Crippen molar-refractivity contribution in [2.45, 2.75) is 128 Å². The molecule has 0 aromatic heterocycles. The second-order valence-corrected chi connectivity index (χ2v) is 6.81. The first-order valence-electron chi connectivity index (χ1n) is 12.6. The number of allylic oxidation sites excluding steroid dienone is 4. The third kappa shape index (κ3) is 10.6. The molecule has 0 nitrogen and oxygen atoms in total. The van der Waals surface area contributed by atoms with E-state index in [2.05, 4.69) is 39.8 Å². The molecule has 0 heteroatoms. The van der Waals surface area contributed by atoms with Crippen LogP contribution in [-0.2, 0) is 0 Å². The molecule has 1 fully saturated rings. The van der Waals surface area contributed by atoms with Crippen LogP contribution in [0.1, 0.15) is 128 Å². The van der Waals surface area contributed by atoms with Gasteiger partial charge in [0.05, 0.1) is 0 Å². The van der Waals surface area contributed by atoms with E-state index in [1.165, 1.54) is 44.9 Å². The van der Waals surface area contributed by atoms with E-state index in [-0.39, 0.29) is 0 Å². The largest absolute Gasteiger partial charge is 0.0807 e. The van der Waals surface area contributed by atoms with Crippen molar-refractivity contribution in [2.24, 2.45) is 23.7 Å². The highest BCUT2D eigenvalue weighted by molar-refractivity contribution is 5.38. The molecule has 2 aliphatic carbocycles. The lowest BCUT2D eigenvalue weighted by Crippen LogP contribution is -2.31. The van der Waals surface area contributed by atoms with Crippen molar-refractivity contribution in [1.82, 2.24) is 0 Å². The lowest BCUT2D eigenvalue weighted by Gasteiger charge is -2.41. The summed E-state index contributed by atoms with van der Waals surface area (Å²) in [4.78, 5) is 0. The summed E-state index contributed by atoms with van der Waals surface area (Å²) in [5, 5.41) is 0. The summed E-state index contributed by atoms with van der Waals surface area (Å²) < 4.78 is 0. The van der Waals surface area contributed by atoms with Gasteiger partial charge in [-0.25, -0.2) is 0 Å². The standard InChI is InChI=1S/C19H32.4C2H6/c1-5-9-14(3)15(4)18-13-12-16-10-7-8-11-19(16)17(18)6-2;4*1-2/h10-11,14-15,17-18H,5-9,12-13H2,1-4H3;4*1-2H3. The fraction of sp³-hybridized carbons (Fsp3) is 0.852. The summed E-state index contributed by atoms with van der Waals surface area (Å²) in [7, 11) is 0. The van der Waals surface area contributed by atoms with Crippen molar-refractivity contribution in [3.63, 3.8) is 0 Å². The first kappa shape index (κ1) is 31.2. The van der Waals surface area contributed by atoms with Gasteiger partial charge in [-0.3, -0.25) is 0 Å². The van der Waals surface area contributed by atoms with E-state index in [1.807, 2.05) is 55.4 Å². The van der Waals surface area contributed by atoms with Crippen LogP contribution in [-0.4, -0.2) is 0 Å². The van der Waals surface area contributed by atoms with Crippen LogP contribution in [0, 0.1) is 23.7 Å². The molecule has 0 spiro atoms. The summed E-state index contributed by atoms with van der Waals surface area (Å²) in [6.45, 7) is 25.7. The van der Waals surface area contributed by atoms with E-state index in [0.29, 0.717) is 0 Å². The lowest BCUT2D eigenvalue weighted by molar-refractivity contribution is 0.170. The molecule has 4 unspecified atom stereocenters. The van der Waals surface area contributed by atoms with Crippen LogP contribution < -0.4 is 0 Å². The van der Waals surface area contributed by atoms with Gasteiger partial charge in [0.1, 0.15) is 0 Å².